The van der Waals surface area contributed by atoms with Gasteiger partial charge in [-0.05, 0) is 22.3 Å². The Kier molecular flexibility index (Phi) is 5.53. The van der Waals surface area contributed by atoms with Gasteiger partial charge in [0.25, 0.3) is 0 Å². The number of hydrogen-bond acceptors (Lipinski definition) is 5. The second-order valence-corrected chi connectivity index (χ2v) is 6.99. The molecule has 1 heterocycles. The first-order chi connectivity index (χ1) is 14.6. The quantitative estimate of drug-likeness (QED) is 0.461. The SMILES string of the molecule is Nc1cncc(C#CCCNC(=O)OCC2c3ccccc3-c3ccccc32)c1N. The summed E-state index contributed by atoms with van der Waals surface area (Å²) in [6.45, 7) is 0.663. The molecule has 1 aromatic heterocycles. The number of rotatable bonds is 4. The van der Waals surface area contributed by atoms with Crippen LogP contribution in [0.3, 0.4) is 0 Å². The van der Waals surface area contributed by atoms with Gasteiger partial charge in [0.15, 0.2) is 0 Å². The Hall–Kier alpha value is -3.98. The maximum Gasteiger partial charge on any atom is 0.407 e. The predicted molar refractivity (Wildman–Crippen MR) is 118 cm³/mol. The van der Waals surface area contributed by atoms with E-state index in [2.05, 4.69) is 46.4 Å². The number of alkyl carbamates (subject to hydrolysis) is 1. The monoisotopic (exact) mass is 398 g/mol. The number of ether oxygens (including phenoxy) is 1. The van der Waals surface area contributed by atoms with Crippen molar-refractivity contribution in [3.05, 3.63) is 77.6 Å². The van der Waals surface area contributed by atoms with E-state index in [1.807, 2.05) is 24.3 Å². The van der Waals surface area contributed by atoms with Crippen molar-refractivity contribution < 1.29 is 9.53 Å². The largest absolute Gasteiger partial charge is 0.449 e. The third kappa shape index (κ3) is 3.91. The molecule has 0 saturated heterocycles. The van der Waals surface area contributed by atoms with E-state index in [9.17, 15) is 4.79 Å². The highest BCUT2D eigenvalue weighted by molar-refractivity contribution is 5.79. The van der Waals surface area contributed by atoms with Crippen LogP contribution in [0.25, 0.3) is 11.1 Å². The van der Waals surface area contributed by atoms with E-state index in [0.717, 1.165) is 0 Å². The summed E-state index contributed by atoms with van der Waals surface area (Å²) >= 11 is 0. The van der Waals surface area contributed by atoms with Crippen molar-refractivity contribution in [3.8, 4) is 23.0 Å². The molecule has 5 N–H and O–H groups in total. The van der Waals surface area contributed by atoms with Crippen molar-refractivity contribution in [1.82, 2.24) is 10.3 Å². The van der Waals surface area contributed by atoms with Crippen LogP contribution >= 0.6 is 0 Å². The maximum atomic E-state index is 12.1. The third-order valence-electron chi connectivity index (χ3n) is 5.10. The van der Waals surface area contributed by atoms with Crippen molar-refractivity contribution in [2.24, 2.45) is 0 Å². The molecule has 0 unspecified atom stereocenters. The van der Waals surface area contributed by atoms with Crippen molar-refractivity contribution in [2.45, 2.75) is 12.3 Å². The minimum atomic E-state index is -0.455. The van der Waals surface area contributed by atoms with Gasteiger partial charge in [0.05, 0.1) is 23.1 Å². The second-order valence-electron chi connectivity index (χ2n) is 6.99. The molecule has 1 aliphatic rings. The first kappa shape index (κ1) is 19.3. The van der Waals surface area contributed by atoms with Gasteiger partial charge in [-0.25, -0.2) is 4.79 Å². The average molecular weight is 398 g/mol. The molecule has 0 aliphatic heterocycles. The average Bonchev–Trinajstić information content (AvgIpc) is 3.09. The third-order valence-corrected chi connectivity index (χ3v) is 5.10. The van der Waals surface area contributed by atoms with E-state index in [1.165, 1.54) is 28.5 Å². The van der Waals surface area contributed by atoms with Crippen LogP contribution in [0, 0.1) is 11.8 Å². The van der Waals surface area contributed by atoms with Crippen molar-refractivity contribution in [1.29, 1.82) is 0 Å². The molecule has 4 rings (SSSR count). The number of carbonyl (C=O) groups is 1. The number of hydrogen-bond donors (Lipinski definition) is 3. The Morgan fingerprint density at radius 3 is 2.40 bits per heavy atom. The number of nitrogen functional groups attached to an aromatic ring is 2. The lowest BCUT2D eigenvalue weighted by atomic mass is 9.98. The van der Waals surface area contributed by atoms with E-state index in [1.54, 1.807) is 6.20 Å². The summed E-state index contributed by atoms with van der Waals surface area (Å²) in [6.07, 6.45) is 3.05. The summed E-state index contributed by atoms with van der Waals surface area (Å²) in [6, 6.07) is 16.5. The van der Waals surface area contributed by atoms with E-state index in [4.69, 9.17) is 16.2 Å². The lowest BCUT2D eigenvalue weighted by Crippen LogP contribution is -2.26. The van der Waals surface area contributed by atoms with Gasteiger partial charge >= 0.3 is 6.09 Å². The molecular formula is C24H22N4O2. The lowest BCUT2D eigenvalue weighted by Gasteiger charge is -2.14. The van der Waals surface area contributed by atoms with Crippen molar-refractivity contribution in [2.75, 3.05) is 24.6 Å². The standard InChI is InChI=1S/C24H22N4O2/c25-22-14-27-13-16(23(22)26)7-5-6-12-28-24(29)30-15-21-19-10-3-1-8-17(19)18-9-2-4-11-20(18)21/h1-4,8-11,13-14,21H,6,12,15,25H2,(H2,26,27)(H,28,29). The van der Waals surface area contributed by atoms with E-state index in [0.29, 0.717) is 29.9 Å². The Labute approximate surface area is 175 Å². The zero-order chi connectivity index (χ0) is 20.9. The number of carbonyl (C=O) groups excluding carboxylic acids is 1. The Balaban J connectivity index is 1.30. The molecule has 2 aromatic carbocycles. The van der Waals surface area contributed by atoms with Crippen molar-refractivity contribution >= 4 is 17.5 Å². The number of nitrogens with zero attached hydrogens (tertiary/aromatic N) is 1. The highest BCUT2D eigenvalue weighted by Crippen LogP contribution is 2.44. The van der Waals surface area contributed by atoms with Crippen LogP contribution in [-0.2, 0) is 4.74 Å². The van der Waals surface area contributed by atoms with Crippen LogP contribution in [-0.4, -0.2) is 24.2 Å². The molecule has 0 saturated carbocycles. The number of nitrogens with one attached hydrogen (secondary N) is 1. The smallest absolute Gasteiger partial charge is 0.407 e. The first-order valence-electron chi connectivity index (χ1n) is 9.72. The number of benzene rings is 2. The molecule has 1 aliphatic carbocycles. The van der Waals surface area contributed by atoms with Crippen LogP contribution in [0.4, 0.5) is 16.2 Å². The van der Waals surface area contributed by atoms with E-state index in [-0.39, 0.29) is 12.5 Å². The molecule has 30 heavy (non-hydrogen) atoms. The molecule has 0 radical (unpaired) electrons. The number of amides is 1. The fourth-order valence-electron chi connectivity index (χ4n) is 3.62. The summed E-state index contributed by atoms with van der Waals surface area (Å²) in [5.41, 5.74) is 17.7. The molecule has 6 nitrogen and oxygen atoms in total. The van der Waals surface area contributed by atoms with Crippen LogP contribution in [0.5, 0.6) is 0 Å². The normalized spacial score (nSPS) is 11.7. The van der Waals surface area contributed by atoms with Gasteiger partial charge in [0.2, 0.25) is 0 Å². The van der Waals surface area contributed by atoms with Gasteiger partial charge < -0.3 is 21.5 Å². The molecular weight excluding hydrogens is 376 g/mol. The van der Waals surface area contributed by atoms with Gasteiger partial charge in [0.1, 0.15) is 6.61 Å². The molecule has 0 atom stereocenters. The van der Waals surface area contributed by atoms with Gasteiger partial charge in [-0.2, -0.15) is 0 Å². The Bertz CT molecular complexity index is 1100. The Morgan fingerprint density at radius 1 is 1.03 bits per heavy atom. The fourth-order valence-corrected chi connectivity index (χ4v) is 3.62. The summed E-state index contributed by atoms with van der Waals surface area (Å²) in [4.78, 5) is 16.1. The molecule has 0 bridgehead atoms. The molecule has 0 fully saturated rings. The van der Waals surface area contributed by atoms with Crippen molar-refractivity contribution in [3.63, 3.8) is 0 Å². The lowest BCUT2D eigenvalue weighted by molar-refractivity contribution is 0.143. The molecule has 3 aromatic rings. The summed E-state index contributed by atoms with van der Waals surface area (Å²) in [5, 5.41) is 2.73. The first-order valence-corrected chi connectivity index (χ1v) is 9.72. The van der Waals surface area contributed by atoms with Crippen LogP contribution in [0.1, 0.15) is 29.0 Å². The number of nitrogens with two attached hydrogens (primary N) is 2. The van der Waals surface area contributed by atoms with Gasteiger partial charge in [-0.1, -0.05) is 60.4 Å². The summed E-state index contributed by atoms with van der Waals surface area (Å²) in [7, 11) is 0. The number of pyridine rings is 1. The molecule has 6 heteroatoms. The van der Waals surface area contributed by atoms with Gasteiger partial charge in [-0.15, -0.1) is 0 Å². The zero-order valence-corrected chi connectivity index (χ0v) is 16.4. The van der Waals surface area contributed by atoms with Crippen LogP contribution < -0.4 is 16.8 Å². The predicted octanol–water partition coefficient (Wildman–Crippen LogP) is 3.53. The van der Waals surface area contributed by atoms with E-state index < -0.39 is 6.09 Å². The molecule has 1 amide bonds. The second kappa shape index (κ2) is 8.58. The highest BCUT2D eigenvalue weighted by Gasteiger charge is 2.28. The van der Waals surface area contributed by atoms with Gasteiger partial charge in [-0.3, -0.25) is 4.98 Å². The minimum Gasteiger partial charge on any atom is -0.449 e. The topological polar surface area (TPSA) is 103 Å². The zero-order valence-electron chi connectivity index (χ0n) is 16.4. The maximum absolute atomic E-state index is 12.1. The molecule has 150 valence electrons. The summed E-state index contributed by atoms with van der Waals surface area (Å²) in [5.74, 6) is 5.91. The summed E-state index contributed by atoms with van der Waals surface area (Å²) < 4.78 is 5.49. The molecule has 0 spiro atoms. The van der Waals surface area contributed by atoms with Crippen LogP contribution in [0.2, 0.25) is 0 Å². The highest BCUT2D eigenvalue weighted by atomic mass is 16.5. The Morgan fingerprint density at radius 2 is 1.70 bits per heavy atom. The number of aromatic nitrogens is 1. The minimum absolute atomic E-state index is 0.0435. The number of fused-ring (bicyclic) bond motifs is 3. The number of anilines is 2. The van der Waals surface area contributed by atoms with Crippen LogP contribution in [0.15, 0.2) is 60.9 Å². The van der Waals surface area contributed by atoms with Gasteiger partial charge in [0, 0.05) is 25.1 Å². The fraction of sp³-hybridized carbons (Fsp3) is 0.167. The van der Waals surface area contributed by atoms with E-state index >= 15 is 0 Å².